The van der Waals surface area contributed by atoms with Crippen LogP contribution >= 0.6 is 0 Å². The van der Waals surface area contributed by atoms with Gasteiger partial charge < -0.3 is 14.6 Å². The maximum Gasteiger partial charge on any atom is 0.244 e. The molecule has 0 radical (unpaired) electrons. The van der Waals surface area contributed by atoms with E-state index in [0.29, 0.717) is 17.7 Å². The van der Waals surface area contributed by atoms with E-state index in [-0.39, 0.29) is 17.9 Å². The molecule has 0 fully saturated rings. The number of hydrogen-bond acceptors (Lipinski definition) is 3. The lowest BCUT2D eigenvalue weighted by molar-refractivity contribution is -0.116. The summed E-state index contributed by atoms with van der Waals surface area (Å²) in [7, 11) is 0. The fourth-order valence-corrected chi connectivity index (χ4v) is 2.55. The van der Waals surface area contributed by atoms with E-state index in [4.69, 9.17) is 4.74 Å². The second-order valence-electron chi connectivity index (χ2n) is 5.33. The number of carbonyl (C=O) groups is 1. The zero-order valence-corrected chi connectivity index (χ0v) is 13.4. The first-order valence-electron chi connectivity index (χ1n) is 7.78. The van der Waals surface area contributed by atoms with Crippen LogP contribution in [-0.2, 0) is 11.3 Å². The van der Waals surface area contributed by atoms with Gasteiger partial charge in [-0.25, -0.2) is 0 Å². The number of para-hydroxylation sites is 1. The molecule has 1 aromatic heterocycles. The van der Waals surface area contributed by atoms with Crippen LogP contribution in [0.25, 0.3) is 10.9 Å². The van der Waals surface area contributed by atoms with Crippen LogP contribution in [0, 0.1) is 0 Å². The van der Waals surface area contributed by atoms with Gasteiger partial charge in [0.25, 0.3) is 0 Å². The van der Waals surface area contributed by atoms with E-state index in [2.05, 4.69) is 5.32 Å². The molecule has 1 amide bonds. The Hall–Kier alpha value is -3.08. The molecule has 0 bridgehead atoms. The molecule has 0 atom stereocenters. The number of carbonyl (C=O) groups excluding carboxylic acids is 1. The Bertz CT molecular complexity index is 914. The summed E-state index contributed by atoms with van der Waals surface area (Å²) in [5, 5.41) is 3.45. The number of ether oxygens (including phenoxy) is 1. The number of nitrogens with one attached hydrogen (secondary N) is 1. The van der Waals surface area contributed by atoms with Gasteiger partial charge in [-0.2, -0.15) is 0 Å². The first-order valence-corrected chi connectivity index (χ1v) is 7.78. The molecule has 2 aromatic carbocycles. The predicted octanol–water partition coefficient (Wildman–Crippen LogP) is 3.04. The van der Waals surface area contributed by atoms with E-state index in [1.165, 1.54) is 6.07 Å². The minimum atomic E-state index is -0.159. The third kappa shape index (κ3) is 3.46. The molecule has 0 aliphatic carbocycles. The van der Waals surface area contributed by atoms with Crippen LogP contribution in [0.3, 0.4) is 0 Å². The highest BCUT2D eigenvalue weighted by molar-refractivity contribution is 5.91. The van der Waals surface area contributed by atoms with Crippen molar-refractivity contribution < 1.29 is 9.53 Å². The zero-order chi connectivity index (χ0) is 16.9. The Kier molecular flexibility index (Phi) is 4.61. The minimum Gasteiger partial charge on any atom is -0.494 e. The first kappa shape index (κ1) is 15.8. The highest BCUT2D eigenvalue weighted by Gasteiger charge is 2.07. The summed E-state index contributed by atoms with van der Waals surface area (Å²) in [6.07, 6.45) is 1.64. The van der Waals surface area contributed by atoms with Gasteiger partial charge in [-0.15, -0.1) is 0 Å². The highest BCUT2D eigenvalue weighted by Crippen LogP contribution is 2.16. The Morgan fingerprint density at radius 3 is 2.58 bits per heavy atom. The van der Waals surface area contributed by atoms with E-state index in [1.807, 2.05) is 37.3 Å². The maximum atomic E-state index is 12.3. The smallest absolute Gasteiger partial charge is 0.244 e. The van der Waals surface area contributed by atoms with Crippen LogP contribution in [0.2, 0.25) is 0 Å². The van der Waals surface area contributed by atoms with Gasteiger partial charge in [0.2, 0.25) is 5.91 Å². The Morgan fingerprint density at radius 1 is 1.08 bits per heavy atom. The summed E-state index contributed by atoms with van der Waals surface area (Å²) in [6, 6.07) is 16.0. The highest BCUT2D eigenvalue weighted by atomic mass is 16.5. The first-order chi connectivity index (χ1) is 11.7. The molecule has 5 nitrogen and oxygen atoms in total. The Labute approximate surface area is 139 Å². The average Bonchev–Trinajstić information content (AvgIpc) is 2.60. The number of anilines is 1. The van der Waals surface area contributed by atoms with E-state index < -0.39 is 0 Å². The van der Waals surface area contributed by atoms with Crippen LogP contribution < -0.4 is 15.5 Å². The summed E-state index contributed by atoms with van der Waals surface area (Å²) >= 11 is 0. The Morgan fingerprint density at radius 2 is 1.83 bits per heavy atom. The normalized spacial score (nSPS) is 10.5. The molecule has 0 saturated carbocycles. The van der Waals surface area contributed by atoms with Crippen LogP contribution in [-0.4, -0.2) is 17.1 Å². The second kappa shape index (κ2) is 7.00. The molecule has 0 aliphatic rings. The second-order valence-corrected chi connectivity index (χ2v) is 5.33. The third-order valence-electron chi connectivity index (χ3n) is 3.65. The molecule has 1 N–H and O–H groups in total. The van der Waals surface area contributed by atoms with Crippen LogP contribution in [0.1, 0.15) is 6.92 Å². The van der Waals surface area contributed by atoms with Gasteiger partial charge in [0.15, 0.2) is 5.43 Å². The summed E-state index contributed by atoms with van der Waals surface area (Å²) in [5.74, 6) is 0.606. The summed E-state index contributed by atoms with van der Waals surface area (Å²) in [6.45, 7) is 2.66. The van der Waals surface area contributed by atoms with Crippen molar-refractivity contribution in [3.8, 4) is 5.75 Å². The van der Waals surface area contributed by atoms with Gasteiger partial charge in [-0.1, -0.05) is 12.1 Å². The molecule has 0 saturated heterocycles. The largest absolute Gasteiger partial charge is 0.494 e. The van der Waals surface area contributed by atoms with Crippen molar-refractivity contribution in [2.45, 2.75) is 13.5 Å². The number of hydrogen-bond donors (Lipinski definition) is 1. The summed E-state index contributed by atoms with van der Waals surface area (Å²) < 4.78 is 7.14. The SMILES string of the molecule is CCOc1ccc(NC(=O)Cn2ccc(=O)c3ccccc32)cc1. The fourth-order valence-electron chi connectivity index (χ4n) is 2.55. The number of aromatic nitrogens is 1. The lowest BCUT2D eigenvalue weighted by atomic mass is 10.2. The number of rotatable bonds is 5. The summed E-state index contributed by atoms with van der Waals surface area (Å²) in [5.41, 5.74) is 1.40. The molecular formula is C19H18N2O3. The van der Waals surface area contributed by atoms with Crippen molar-refractivity contribution in [1.29, 1.82) is 0 Å². The van der Waals surface area contributed by atoms with Gasteiger partial charge in [0, 0.05) is 23.3 Å². The minimum absolute atomic E-state index is 0.0474. The van der Waals surface area contributed by atoms with Crippen molar-refractivity contribution in [2.75, 3.05) is 11.9 Å². The number of nitrogens with zero attached hydrogens (tertiary/aromatic N) is 1. The van der Waals surface area contributed by atoms with Crippen LogP contribution in [0.5, 0.6) is 5.75 Å². The topological polar surface area (TPSA) is 60.3 Å². The molecule has 3 aromatic rings. The van der Waals surface area contributed by atoms with E-state index in [1.54, 1.807) is 29.0 Å². The zero-order valence-electron chi connectivity index (χ0n) is 13.4. The van der Waals surface area contributed by atoms with E-state index in [0.717, 1.165) is 11.3 Å². The van der Waals surface area contributed by atoms with Crippen LogP contribution in [0.4, 0.5) is 5.69 Å². The monoisotopic (exact) mass is 322 g/mol. The van der Waals surface area contributed by atoms with Crippen molar-refractivity contribution in [3.05, 3.63) is 71.0 Å². The summed E-state index contributed by atoms with van der Waals surface area (Å²) in [4.78, 5) is 24.1. The van der Waals surface area contributed by atoms with Gasteiger partial charge in [-0.05, 0) is 43.3 Å². The van der Waals surface area contributed by atoms with Crippen molar-refractivity contribution in [2.24, 2.45) is 0 Å². The van der Waals surface area contributed by atoms with Crippen molar-refractivity contribution in [3.63, 3.8) is 0 Å². The average molecular weight is 322 g/mol. The predicted molar refractivity (Wildman–Crippen MR) is 94.4 cm³/mol. The van der Waals surface area contributed by atoms with Crippen molar-refractivity contribution >= 4 is 22.5 Å². The van der Waals surface area contributed by atoms with Crippen molar-refractivity contribution in [1.82, 2.24) is 4.57 Å². The molecular weight excluding hydrogens is 304 g/mol. The van der Waals surface area contributed by atoms with E-state index >= 15 is 0 Å². The molecule has 0 spiro atoms. The van der Waals surface area contributed by atoms with Crippen LogP contribution in [0.15, 0.2) is 65.6 Å². The van der Waals surface area contributed by atoms with E-state index in [9.17, 15) is 9.59 Å². The standard InChI is InChI=1S/C19H18N2O3/c1-2-24-15-9-7-14(8-10-15)20-19(23)13-21-12-11-18(22)16-5-3-4-6-17(16)21/h3-12H,2,13H2,1H3,(H,20,23). The van der Waals surface area contributed by atoms with Gasteiger partial charge >= 0.3 is 0 Å². The molecule has 1 heterocycles. The third-order valence-corrected chi connectivity index (χ3v) is 3.65. The fraction of sp³-hybridized carbons (Fsp3) is 0.158. The number of fused-ring (bicyclic) bond motifs is 1. The molecule has 0 unspecified atom stereocenters. The van der Waals surface area contributed by atoms with Gasteiger partial charge in [0.1, 0.15) is 12.3 Å². The molecule has 5 heteroatoms. The molecule has 24 heavy (non-hydrogen) atoms. The lowest BCUT2D eigenvalue weighted by Gasteiger charge is -2.11. The van der Waals surface area contributed by atoms with Gasteiger partial charge in [0.05, 0.1) is 12.1 Å². The molecule has 0 aliphatic heterocycles. The molecule has 3 rings (SSSR count). The number of benzene rings is 2. The quantitative estimate of drug-likeness (QED) is 0.785. The lowest BCUT2D eigenvalue weighted by Crippen LogP contribution is -2.20. The Balaban J connectivity index is 1.75. The number of pyridine rings is 1. The molecule has 122 valence electrons. The van der Waals surface area contributed by atoms with Gasteiger partial charge in [-0.3, -0.25) is 9.59 Å². The number of amides is 1. The maximum absolute atomic E-state index is 12.3.